The molecule has 3 unspecified atom stereocenters. The molecule has 1 saturated carbocycles. The van der Waals surface area contributed by atoms with E-state index in [2.05, 4.69) is 34.9 Å². The van der Waals surface area contributed by atoms with Gasteiger partial charge < -0.3 is 20.5 Å². The fourth-order valence-electron chi connectivity index (χ4n) is 4.85. The van der Waals surface area contributed by atoms with E-state index in [1.807, 2.05) is 38.1 Å². The number of nitrogens with one attached hydrogen (secondary N) is 2. The average Bonchev–Trinajstić information content (AvgIpc) is 3.63. The number of hydrogen-bond donors (Lipinski definition) is 3. The summed E-state index contributed by atoms with van der Waals surface area (Å²) in [4.78, 5) is 37.1. The van der Waals surface area contributed by atoms with E-state index < -0.39 is 24.0 Å². The zero-order chi connectivity index (χ0) is 24.9. The van der Waals surface area contributed by atoms with Gasteiger partial charge in [0.05, 0.1) is 5.92 Å². The summed E-state index contributed by atoms with van der Waals surface area (Å²) in [5.41, 5.74) is 4.59. The molecule has 35 heavy (non-hydrogen) atoms. The minimum Gasteiger partial charge on any atom is -0.480 e. The Morgan fingerprint density at radius 1 is 1.03 bits per heavy atom. The van der Waals surface area contributed by atoms with Gasteiger partial charge in [-0.15, -0.1) is 0 Å². The third-order valence-electron chi connectivity index (χ3n) is 7.30. The maximum Gasteiger partial charge on any atom is 0.407 e. The van der Waals surface area contributed by atoms with Crippen LogP contribution < -0.4 is 10.6 Å². The van der Waals surface area contributed by atoms with Crippen LogP contribution in [0, 0.1) is 17.8 Å². The number of carboxylic acid groups (broad SMARTS) is 1. The van der Waals surface area contributed by atoms with Crippen molar-refractivity contribution in [1.29, 1.82) is 0 Å². The van der Waals surface area contributed by atoms with E-state index in [1.54, 1.807) is 0 Å². The highest BCUT2D eigenvalue weighted by Gasteiger charge is 2.33. The van der Waals surface area contributed by atoms with Crippen molar-refractivity contribution in [2.24, 2.45) is 17.8 Å². The van der Waals surface area contributed by atoms with E-state index in [-0.39, 0.29) is 30.9 Å². The quantitative estimate of drug-likeness (QED) is 0.439. The predicted octanol–water partition coefficient (Wildman–Crippen LogP) is 4.56. The molecule has 0 heterocycles. The lowest BCUT2D eigenvalue weighted by atomic mass is 9.96. The van der Waals surface area contributed by atoms with Crippen molar-refractivity contribution >= 4 is 18.0 Å². The highest BCUT2D eigenvalue weighted by Crippen LogP contribution is 2.44. The first-order valence-electron chi connectivity index (χ1n) is 12.5. The average molecular weight is 479 g/mol. The molecule has 0 aliphatic heterocycles. The summed E-state index contributed by atoms with van der Waals surface area (Å²) < 4.78 is 5.59. The number of carbonyl (C=O) groups is 3. The molecule has 1 fully saturated rings. The van der Waals surface area contributed by atoms with E-state index in [4.69, 9.17) is 4.74 Å². The lowest BCUT2D eigenvalue weighted by Gasteiger charge is -2.24. The first-order valence-corrected chi connectivity index (χ1v) is 12.5. The first kappa shape index (κ1) is 24.8. The van der Waals surface area contributed by atoms with E-state index >= 15 is 0 Å². The summed E-state index contributed by atoms with van der Waals surface area (Å²) in [5, 5.41) is 15.0. The van der Waals surface area contributed by atoms with Crippen LogP contribution in [0.2, 0.25) is 0 Å². The molecule has 4 rings (SSSR count). The van der Waals surface area contributed by atoms with Crippen molar-refractivity contribution in [2.75, 3.05) is 13.2 Å². The molecule has 7 heteroatoms. The molecule has 2 aliphatic rings. The Bertz CT molecular complexity index is 1040. The maximum absolute atomic E-state index is 12.9. The smallest absolute Gasteiger partial charge is 0.407 e. The van der Waals surface area contributed by atoms with Crippen molar-refractivity contribution in [3.8, 4) is 11.1 Å². The second-order valence-corrected chi connectivity index (χ2v) is 9.79. The van der Waals surface area contributed by atoms with Crippen LogP contribution in [0.5, 0.6) is 0 Å². The molecule has 0 saturated heterocycles. The molecule has 3 atom stereocenters. The van der Waals surface area contributed by atoms with Gasteiger partial charge in [-0.3, -0.25) is 4.79 Å². The van der Waals surface area contributed by atoms with Gasteiger partial charge >= 0.3 is 12.1 Å². The van der Waals surface area contributed by atoms with Gasteiger partial charge in [0, 0.05) is 12.5 Å². The molecule has 186 valence electrons. The number of rotatable bonds is 11. The third kappa shape index (κ3) is 5.84. The highest BCUT2D eigenvalue weighted by atomic mass is 16.5. The molecule has 2 aliphatic carbocycles. The molecular formula is C28H34N2O5. The minimum absolute atomic E-state index is 0.0365. The third-order valence-corrected chi connectivity index (χ3v) is 7.30. The zero-order valence-corrected chi connectivity index (χ0v) is 20.3. The fraction of sp³-hybridized carbons (Fsp3) is 0.464. The number of benzene rings is 2. The Hall–Kier alpha value is -3.35. The first-order chi connectivity index (χ1) is 16.9. The lowest BCUT2D eigenvalue weighted by molar-refractivity contribution is -0.144. The van der Waals surface area contributed by atoms with Gasteiger partial charge in [-0.05, 0) is 40.5 Å². The van der Waals surface area contributed by atoms with E-state index in [9.17, 15) is 19.5 Å². The van der Waals surface area contributed by atoms with Gasteiger partial charge in [0.15, 0.2) is 0 Å². The summed E-state index contributed by atoms with van der Waals surface area (Å²) >= 11 is 0. The number of aliphatic carboxylic acids is 1. The monoisotopic (exact) mass is 478 g/mol. The molecule has 2 aromatic rings. The zero-order valence-electron chi connectivity index (χ0n) is 20.3. The Labute approximate surface area is 206 Å². The molecule has 0 radical (unpaired) electrons. The lowest BCUT2D eigenvalue weighted by Crippen LogP contribution is -2.49. The SMILES string of the molecule is CCC(C)C(NC(=O)C(CNC(=O)OCC1c2ccccc2-c2ccccc21)CC1CC1)C(=O)O. The number of carbonyl (C=O) groups excluding carboxylic acids is 2. The molecule has 0 spiro atoms. The molecule has 0 aromatic heterocycles. The van der Waals surface area contributed by atoms with Crippen molar-refractivity contribution < 1.29 is 24.2 Å². The topological polar surface area (TPSA) is 105 Å². The van der Waals surface area contributed by atoms with Crippen molar-refractivity contribution in [3.63, 3.8) is 0 Å². The number of alkyl carbamates (subject to hydrolysis) is 1. The largest absolute Gasteiger partial charge is 0.480 e. The van der Waals surface area contributed by atoms with Gasteiger partial charge in [-0.25, -0.2) is 9.59 Å². The van der Waals surface area contributed by atoms with Crippen LogP contribution in [0.15, 0.2) is 48.5 Å². The summed E-state index contributed by atoms with van der Waals surface area (Å²) in [6.45, 7) is 4.03. The maximum atomic E-state index is 12.9. The molecule has 2 amide bonds. The second kappa shape index (κ2) is 10.9. The Kier molecular flexibility index (Phi) is 7.73. The summed E-state index contributed by atoms with van der Waals surface area (Å²) in [6.07, 6.45) is 2.81. The van der Waals surface area contributed by atoms with Crippen LogP contribution in [0.3, 0.4) is 0 Å². The highest BCUT2D eigenvalue weighted by molar-refractivity contribution is 5.85. The predicted molar refractivity (Wildman–Crippen MR) is 133 cm³/mol. The molecule has 2 aromatic carbocycles. The Morgan fingerprint density at radius 2 is 1.63 bits per heavy atom. The second-order valence-electron chi connectivity index (χ2n) is 9.79. The van der Waals surface area contributed by atoms with Crippen molar-refractivity contribution in [1.82, 2.24) is 10.6 Å². The van der Waals surface area contributed by atoms with Gasteiger partial charge in [0.2, 0.25) is 5.91 Å². The molecule has 3 N–H and O–H groups in total. The van der Waals surface area contributed by atoms with Crippen LogP contribution in [0.4, 0.5) is 4.79 Å². The number of amides is 2. The molecular weight excluding hydrogens is 444 g/mol. The van der Waals surface area contributed by atoms with Crippen molar-refractivity contribution in [3.05, 3.63) is 59.7 Å². The Morgan fingerprint density at radius 3 is 2.17 bits per heavy atom. The van der Waals surface area contributed by atoms with Crippen LogP contribution in [0.25, 0.3) is 11.1 Å². The van der Waals surface area contributed by atoms with Crippen molar-refractivity contribution in [2.45, 2.75) is 51.5 Å². The standard InChI is InChI=1S/C28H34N2O5/c1-3-17(2)25(27(32)33)30-26(31)19(14-18-12-13-18)15-29-28(34)35-16-24-22-10-6-4-8-20(22)21-9-5-7-11-23(21)24/h4-11,17-19,24-25H,3,12-16H2,1-2H3,(H,29,34)(H,30,31)(H,32,33). The van der Waals surface area contributed by atoms with Gasteiger partial charge in [0.25, 0.3) is 0 Å². The van der Waals surface area contributed by atoms with Crippen LogP contribution in [-0.4, -0.2) is 42.3 Å². The van der Waals surface area contributed by atoms with E-state index in [0.717, 1.165) is 35.1 Å². The van der Waals surface area contributed by atoms with Crippen LogP contribution in [0.1, 0.15) is 56.6 Å². The summed E-state index contributed by atoms with van der Waals surface area (Å²) in [5.74, 6) is -1.64. The fourth-order valence-corrected chi connectivity index (χ4v) is 4.85. The van der Waals surface area contributed by atoms with Gasteiger partial charge in [-0.2, -0.15) is 0 Å². The number of fused-ring (bicyclic) bond motifs is 3. The number of carboxylic acids is 1. The summed E-state index contributed by atoms with van der Waals surface area (Å²) in [7, 11) is 0. The van der Waals surface area contributed by atoms with Gasteiger partial charge in [-0.1, -0.05) is 81.6 Å². The Balaban J connectivity index is 1.35. The normalized spacial score (nSPS) is 17.0. The van der Waals surface area contributed by atoms with Crippen LogP contribution in [-0.2, 0) is 14.3 Å². The minimum atomic E-state index is -1.04. The van der Waals surface area contributed by atoms with Gasteiger partial charge in [0.1, 0.15) is 12.6 Å². The van der Waals surface area contributed by atoms with E-state index in [1.165, 1.54) is 0 Å². The molecule has 0 bridgehead atoms. The number of hydrogen-bond acceptors (Lipinski definition) is 4. The molecule has 7 nitrogen and oxygen atoms in total. The summed E-state index contributed by atoms with van der Waals surface area (Å²) in [6, 6.07) is 15.3. The van der Waals surface area contributed by atoms with Crippen LogP contribution >= 0.6 is 0 Å². The van der Waals surface area contributed by atoms with E-state index in [0.29, 0.717) is 18.8 Å². The number of ether oxygens (including phenoxy) is 1.